The van der Waals surface area contributed by atoms with Gasteiger partial charge in [-0.2, -0.15) is 0 Å². The first-order valence-corrected chi connectivity index (χ1v) is 8.88. The summed E-state index contributed by atoms with van der Waals surface area (Å²) in [6.45, 7) is 0.809. The Morgan fingerprint density at radius 3 is 2.89 bits per heavy atom. The van der Waals surface area contributed by atoms with Crippen molar-refractivity contribution in [3.63, 3.8) is 0 Å². The number of benzene rings is 2. The molecule has 4 rings (SSSR count). The van der Waals surface area contributed by atoms with Crippen LogP contribution >= 0.6 is 0 Å². The summed E-state index contributed by atoms with van der Waals surface area (Å²) >= 11 is 0. The smallest absolute Gasteiger partial charge is 0.314 e. The number of hydrogen-bond donors (Lipinski definition) is 1. The van der Waals surface area contributed by atoms with Crippen molar-refractivity contribution in [2.24, 2.45) is 0 Å². The Hall–Kier alpha value is -3.55. The highest BCUT2D eigenvalue weighted by Gasteiger charge is 2.25. The number of nitrogens with zero attached hydrogens (tertiary/aromatic N) is 2. The molecule has 0 unspecified atom stereocenters. The zero-order valence-corrected chi connectivity index (χ0v) is 15.3. The third kappa shape index (κ3) is 3.24. The quantitative estimate of drug-likeness (QED) is 0.541. The number of hydrogen-bond acceptors (Lipinski definition) is 5. The summed E-state index contributed by atoms with van der Waals surface area (Å²) in [6, 6.07) is 12.3. The van der Waals surface area contributed by atoms with Gasteiger partial charge in [-0.15, -0.1) is 0 Å². The first-order valence-electron chi connectivity index (χ1n) is 8.88. The SMILES string of the molecule is COc1ccc(OCC(=O)N2CCc3[nH]c4ccccc4c3C2)c([N+](=O)[O-])c1. The maximum atomic E-state index is 12.6. The molecule has 0 saturated heterocycles. The molecular weight excluding hydrogens is 362 g/mol. The molecule has 0 fully saturated rings. The van der Waals surface area contributed by atoms with Crippen LogP contribution in [0.3, 0.4) is 0 Å². The van der Waals surface area contributed by atoms with Gasteiger partial charge in [0.2, 0.25) is 0 Å². The second-order valence-corrected chi connectivity index (χ2v) is 6.57. The molecule has 144 valence electrons. The van der Waals surface area contributed by atoms with E-state index in [4.69, 9.17) is 9.47 Å². The van der Waals surface area contributed by atoms with Gasteiger partial charge >= 0.3 is 5.69 Å². The summed E-state index contributed by atoms with van der Waals surface area (Å²) in [4.78, 5) is 28.5. The molecule has 0 aliphatic carbocycles. The number of methoxy groups -OCH3 is 1. The highest BCUT2D eigenvalue weighted by molar-refractivity contribution is 5.86. The molecule has 1 N–H and O–H groups in total. The summed E-state index contributed by atoms with van der Waals surface area (Å²) in [6.07, 6.45) is 0.735. The van der Waals surface area contributed by atoms with Crippen molar-refractivity contribution < 1.29 is 19.2 Å². The van der Waals surface area contributed by atoms with Gasteiger partial charge < -0.3 is 19.4 Å². The fourth-order valence-electron chi connectivity index (χ4n) is 3.50. The lowest BCUT2D eigenvalue weighted by Crippen LogP contribution is -2.38. The number of carbonyl (C=O) groups excluding carboxylic acids is 1. The van der Waals surface area contributed by atoms with Crippen molar-refractivity contribution >= 4 is 22.5 Å². The lowest BCUT2D eigenvalue weighted by molar-refractivity contribution is -0.385. The number of fused-ring (bicyclic) bond motifs is 3. The fourth-order valence-corrected chi connectivity index (χ4v) is 3.50. The molecule has 0 bridgehead atoms. The molecule has 8 nitrogen and oxygen atoms in total. The van der Waals surface area contributed by atoms with Crippen molar-refractivity contribution in [3.8, 4) is 11.5 Å². The zero-order valence-electron chi connectivity index (χ0n) is 15.3. The largest absolute Gasteiger partial charge is 0.496 e. The molecule has 2 aromatic carbocycles. The van der Waals surface area contributed by atoms with E-state index in [2.05, 4.69) is 4.98 Å². The summed E-state index contributed by atoms with van der Waals surface area (Å²) in [5, 5.41) is 12.4. The van der Waals surface area contributed by atoms with E-state index in [1.807, 2.05) is 24.3 Å². The van der Waals surface area contributed by atoms with Crippen LogP contribution in [0.1, 0.15) is 11.3 Å². The number of carbonyl (C=O) groups is 1. The Morgan fingerprint density at radius 1 is 1.29 bits per heavy atom. The second-order valence-electron chi connectivity index (χ2n) is 6.57. The Bertz CT molecular complexity index is 1060. The molecule has 1 aromatic heterocycles. The maximum Gasteiger partial charge on any atom is 0.314 e. The van der Waals surface area contributed by atoms with E-state index in [-0.39, 0.29) is 24.0 Å². The summed E-state index contributed by atoms with van der Waals surface area (Å²) < 4.78 is 10.5. The highest BCUT2D eigenvalue weighted by atomic mass is 16.6. The topological polar surface area (TPSA) is 97.7 Å². The third-order valence-corrected chi connectivity index (χ3v) is 4.95. The second kappa shape index (κ2) is 7.22. The van der Waals surface area contributed by atoms with E-state index in [9.17, 15) is 14.9 Å². The van der Waals surface area contributed by atoms with E-state index in [0.29, 0.717) is 18.8 Å². The van der Waals surface area contributed by atoms with Gasteiger partial charge in [0.25, 0.3) is 5.91 Å². The van der Waals surface area contributed by atoms with Crippen LogP contribution in [-0.4, -0.2) is 41.0 Å². The van der Waals surface area contributed by atoms with E-state index >= 15 is 0 Å². The van der Waals surface area contributed by atoms with Crippen LogP contribution in [0.15, 0.2) is 42.5 Å². The molecule has 0 spiro atoms. The third-order valence-electron chi connectivity index (χ3n) is 4.95. The highest BCUT2D eigenvalue weighted by Crippen LogP contribution is 2.31. The monoisotopic (exact) mass is 381 g/mol. The number of H-pyrrole nitrogens is 1. The Balaban J connectivity index is 1.47. The zero-order chi connectivity index (χ0) is 19.7. The number of aromatic amines is 1. The van der Waals surface area contributed by atoms with Crippen molar-refractivity contribution in [3.05, 3.63) is 63.8 Å². The molecule has 0 atom stereocenters. The number of nitro groups is 1. The van der Waals surface area contributed by atoms with Crippen LogP contribution in [0.25, 0.3) is 10.9 Å². The van der Waals surface area contributed by atoms with Gasteiger partial charge in [-0.3, -0.25) is 14.9 Å². The predicted octanol–water partition coefficient (Wildman–Crippen LogP) is 3.05. The minimum Gasteiger partial charge on any atom is -0.496 e. The molecule has 1 aliphatic rings. The van der Waals surface area contributed by atoms with Crippen LogP contribution in [0.5, 0.6) is 11.5 Å². The normalized spacial score (nSPS) is 13.2. The Morgan fingerprint density at radius 2 is 2.11 bits per heavy atom. The molecule has 2 heterocycles. The van der Waals surface area contributed by atoms with Crippen molar-refractivity contribution in [2.45, 2.75) is 13.0 Å². The Labute approximate surface area is 160 Å². The first kappa shape index (κ1) is 17.8. The molecule has 8 heteroatoms. The minimum atomic E-state index is -0.554. The van der Waals surface area contributed by atoms with Crippen LogP contribution in [0.4, 0.5) is 5.69 Å². The van der Waals surface area contributed by atoms with E-state index in [1.165, 1.54) is 19.2 Å². The van der Waals surface area contributed by atoms with Gasteiger partial charge in [-0.1, -0.05) is 18.2 Å². The van der Waals surface area contributed by atoms with Gasteiger partial charge in [-0.05, 0) is 18.2 Å². The lowest BCUT2D eigenvalue weighted by Gasteiger charge is -2.27. The number of amides is 1. The number of aromatic nitrogens is 1. The average Bonchev–Trinajstić information content (AvgIpc) is 3.09. The summed E-state index contributed by atoms with van der Waals surface area (Å²) in [5.74, 6) is 0.193. The molecule has 1 amide bonds. The molecule has 0 saturated carbocycles. The first-order chi connectivity index (χ1) is 13.6. The standard InChI is InChI=1S/C20H19N3O5/c1-27-13-6-7-19(18(10-13)23(25)26)28-12-20(24)22-9-8-17-15(11-22)14-4-2-3-5-16(14)21-17/h2-7,10,21H,8-9,11-12H2,1H3. The lowest BCUT2D eigenvalue weighted by atomic mass is 10.0. The van der Waals surface area contributed by atoms with Gasteiger partial charge in [0.05, 0.1) is 18.1 Å². The number of nitro benzene ring substituents is 1. The Kier molecular flexibility index (Phi) is 4.60. The minimum absolute atomic E-state index is 0.0453. The molecule has 3 aromatic rings. The van der Waals surface area contributed by atoms with Gasteiger partial charge in [0.1, 0.15) is 5.75 Å². The van der Waals surface area contributed by atoms with Gasteiger partial charge in [0.15, 0.2) is 12.4 Å². The van der Waals surface area contributed by atoms with Crippen LogP contribution in [0, 0.1) is 10.1 Å². The van der Waals surface area contributed by atoms with Crippen molar-refractivity contribution in [2.75, 3.05) is 20.3 Å². The number of ether oxygens (including phenoxy) is 2. The average molecular weight is 381 g/mol. The van der Waals surface area contributed by atoms with E-state index in [1.54, 1.807) is 11.0 Å². The van der Waals surface area contributed by atoms with Crippen LogP contribution < -0.4 is 9.47 Å². The number of nitrogens with one attached hydrogen (secondary N) is 1. The molecule has 0 radical (unpaired) electrons. The maximum absolute atomic E-state index is 12.6. The van der Waals surface area contributed by atoms with Crippen molar-refractivity contribution in [1.82, 2.24) is 9.88 Å². The molecular formula is C20H19N3O5. The summed E-state index contributed by atoms with van der Waals surface area (Å²) in [7, 11) is 1.43. The number of rotatable bonds is 5. The summed E-state index contributed by atoms with van der Waals surface area (Å²) in [5.41, 5.74) is 3.10. The van der Waals surface area contributed by atoms with E-state index in [0.717, 1.165) is 28.6 Å². The van der Waals surface area contributed by atoms with Gasteiger partial charge in [0, 0.05) is 41.7 Å². The fraction of sp³-hybridized carbons (Fsp3) is 0.250. The van der Waals surface area contributed by atoms with Crippen molar-refractivity contribution in [1.29, 1.82) is 0 Å². The van der Waals surface area contributed by atoms with Crippen LogP contribution in [0.2, 0.25) is 0 Å². The number of para-hydroxylation sites is 1. The van der Waals surface area contributed by atoms with Gasteiger partial charge in [-0.25, -0.2) is 0 Å². The van der Waals surface area contributed by atoms with Crippen LogP contribution in [-0.2, 0) is 17.8 Å². The van der Waals surface area contributed by atoms with E-state index < -0.39 is 4.92 Å². The predicted molar refractivity (Wildman–Crippen MR) is 103 cm³/mol. The molecule has 1 aliphatic heterocycles. The molecule has 28 heavy (non-hydrogen) atoms.